The van der Waals surface area contributed by atoms with Crippen molar-refractivity contribution in [2.75, 3.05) is 39.2 Å². The predicted octanol–water partition coefficient (Wildman–Crippen LogP) is 3.59. The van der Waals surface area contributed by atoms with Gasteiger partial charge in [-0.2, -0.15) is 0 Å². The highest BCUT2D eigenvalue weighted by Gasteiger charge is 2.21. The van der Waals surface area contributed by atoms with Crippen molar-refractivity contribution < 1.29 is 9.47 Å². The van der Waals surface area contributed by atoms with Gasteiger partial charge in [-0.05, 0) is 49.4 Å². The Morgan fingerprint density at radius 1 is 1.25 bits per heavy atom. The second-order valence-electron chi connectivity index (χ2n) is 6.85. The molecule has 1 atom stereocenters. The molecule has 1 aliphatic rings. The van der Waals surface area contributed by atoms with E-state index in [-0.39, 0.29) is 0 Å². The summed E-state index contributed by atoms with van der Waals surface area (Å²) in [5.74, 6) is 2.17. The van der Waals surface area contributed by atoms with Gasteiger partial charge in [-0.1, -0.05) is 0 Å². The molecule has 0 aliphatic carbocycles. The lowest BCUT2D eigenvalue weighted by Gasteiger charge is -2.31. The number of hydrogen-bond donors (Lipinski definition) is 2. The summed E-state index contributed by atoms with van der Waals surface area (Å²) in [6, 6.07) is 8.40. The summed E-state index contributed by atoms with van der Waals surface area (Å²) < 4.78 is 10.7. The Morgan fingerprint density at radius 3 is 2.82 bits per heavy atom. The third kappa shape index (κ3) is 4.97. The average molecular weight is 403 g/mol. The van der Waals surface area contributed by atoms with Crippen molar-refractivity contribution in [2.24, 2.45) is 4.99 Å². The van der Waals surface area contributed by atoms with Crippen LogP contribution in [-0.2, 0) is 13.0 Å². The average Bonchev–Trinajstić information content (AvgIpc) is 3.19. The quantitative estimate of drug-likeness (QED) is 0.548. The number of hydrogen-bond acceptors (Lipinski definition) is 5. The second-order valence-corrected chi connectivity index (χ2v) is 7.85. The molecule has 0 saturated heterocycles. The van der Waals surface area contributed by atoms with E-state index >= 15 is 0 Å². The fourth-order valence-corrected chi connectivity index (χ4v) is 4.23. The maximum Gasteiger partial charge on any atom is 0.195 e. The van der Waals surface area contributed by atoms with Gasteiger partial charge in [0.1, 0.15) is 0 Å². The van der Waals surface area contributed by atoms with Crippen LogP contribution in [-0.4, -0.2) is 50.8 Å². The number of guanidine groups is 1. The molecular formula is C21H30N4O2S. The molecule has 6 nitrogen and oxygen atoms in total. The Labute approximate surface area is 171 Å². The van der Waals surface area contributed by atoms with Crippen molar-refractivity contribution in [2.45, 2.75) is 32.9 Å². The van der Waals surface area contributed by atoms with E-state index in [2.05, 4.69) is 40.8 Å². The number of aliphatic imine (C=N–C) groups is 1. The fraction of sp³-hybridized carbons (Fsp3) is 0.476. The third-order valence-electron chi connectivity index (χ3n) is 4.96. The zero-order valence-electron chi connectivity index (χ0n) is 17.1. The number of benzene rings is 1. The second kappa shape index (κ2) is 9.80. The highest BCUT2D eigenvalue weighted by Crippen LogP contribution is 2.29. The minimum Gasteiger partial charge on any atom is -0.493 e. The van der Waals surface area contributed by atoms with Gasteiger partial charge in [-0.25, -0.2) is 0 Å². The monoisotopic (exact) mass is 402 g/mol. The maximum atomic E-state index is 5.39. The van der Waals surface area contributed by atoms with E-state index in [9.17, 15) is 0 Å². The highest BCUT2D eigenvalue weighted by molar-refractivity contribution is 7.10. The van der Waals surface area contributed by atoms with E-state index in [1.165, 1.54) is 10.4 Å². The summed E-state index contributed by atoms with van der Waals surface area (Å²) in [4.78, 5) is 8.86. The van der Waals surface area contributed by atoms with Crippen LogP contribution in [0.4, 0.5) is 5.69 Å². The fourth-order valence-electron chi connectivity index (χ4n) is 3.34. The Morgan fingerprint density at radius 2 is 2.07 bits per heavy atom. The largest absolute Gasteiger partial charge is 0.493 e. The van der Waals surface area contributed by atoms with Gasteiger partial charge >= 0.3 is 0 Å². The van der Waals surface area contributed by atoms with E-state index < -0.39 is 0 Å². The molecule has 1 aromatic heterocycles. The molecule has 2 heterocycles. The van der Waals surface area contributed by atoms with Crippen molar-refractivity contribution in [3.8, 4) is 11.5 Å². The normalized spacial score (nSPS) is 15.6. The maximum absolute atomic E-state index is 5.39. The lowest BCUT2D eigenvalue weighted by atomic mass is 10.1. The first-order valence-corrected chi connectivity index (χ1v) is 10.6. The zero-order chi connectivity index (χ0) is 19.9. The van der Waals surface area contributed by atoms with E-state index in [1.54, 1.807) is 14.2 Å². The van der Waals surface area contributed by atoms with Crippen molar-refractivity contribution in [1.82, 2.24) is 10.2 Å². The molecular weight excluding hydrogens is 372 g/mol. The number of thiophene rings is 1. The lowest BCUT2D eigenvalue weighted by molar-refractivity contribution is 0.197. The van der Waals surface area contributed by atoms with Gasteiger partial charge in [0.2, 0.25) is 0 Å². The summed E-state index contributed by atoms with van der Waals surface area (Å²) in [7, 11) is 3.28. The SMILES string of the molecule is CCNC(=NCC(C)N1CCc2sccc2C1)Nc1ccc(OC)c(OC)c1. The first kappa shape index (κ1) is 20.5. The Kier molecular flexibility index (Phi) is 7.17. The van der Waals surface area contributed by atoms with E-state index in [0.717, 1.165) is 44.2 Å². The summed E-state index contributed by atoms with van der Waals surface area (Å²) in [5.41, 5.74) is 2.38. The van der Waals surface area contributed by atoms with Crippen molar-refractivity contribution in [1.29, 1.82) is 0 Å². The number of fused-ring (bicyclic) bond motifs is 1. The molecule has 0 fully saturated rings. The lowest BCUT2D eigenvalue weighted by Crippen LogP contribution is -2.40. The summed E-state index contributed by atoms with van der Waals surface area (Å²) in [5, 5.41) is 8.88. The molecule has 1 unspecified atom stereocenters. The zero-order valence-corrected chi connectivity index (χ0v) is 17.9. The van der Waals surface area contributed by atoms with Gasteiger partial charge < -0.3 is 20.1 Å². The summed E-state index contributed by atoms with van der Waals surface area (Å²) in [6.45, 7) is 7.98. The Hall–Kier alpha value is -2.25. The van der Waals surface area contributed by atoms with Crippen molar-refractivity contribution >= 4 is 23.0 Å². The minimum atomic E-state index is 0.383. The molecule has 3 rings (SSSR count). The number of nitrogens with zero attached hydrogens (tertiary/aromatic N) is 2. The molecule has 2 N–H and O–H groups in total. The number of ether oxygens (including phenoxy) is 2. The molecule has 0 radical (unpaired) electrons. The molecule has 7 heteroatoms. The topological polar surface area (TPSA) is 58.1 Å². The molecule has 28 heavy (non-hydrogen) atoms. The smallest absolute Gasteiger partial charge is 0.195 e. The minimum absolute atomic E-state index is 0.383. The Bertz CT molecular complexity index is 805. The van der Waals surface area contributed by atoms with Crippen molar-refractivity contribution in [3.05, 3.63) is 40.1 Å². The number of anilines is 1. The van der Waals surface area contributed by atoms with Crippen LogP contribution >= 0.6 is 11.3 Å². The van der Waals surface area contributed by atoms with Crippen LogP contribution in [0.5, 0.6) is 11.5 Å². The van der Waals surface area contributed by atoms with Crippen LogP contribution in [0.15, 0.2) is 34.6 Å². The molecule has 2 aromatic rings. The van der Waals surface area contributed by atoms with Gasteiger partial charge in [-0.3, -0.25) is 9.89 Å². The molecule has 0 bridgehead atoms. The standard InChI is InChI=1S/C21H30N4O2S/c1-5-22-21(24-17-6-7-18(26-3)19(12-17)27-4)23-13-15(2)25-10-8-20-16(14-25)9-11-28-20/h6-7,9,11-12,15H,5,8,10,13-14H2,1-4H3,(H2,22,23,24). The molecule has 0 amide bonds. The first-order chi connectivity index (χ1) is 13.6. The molecule has 0 spiro atoms. The number of nitrogens with one attached hydrogen (secondary N) is 2. The third-order valence-corrected chi connectivity index (χ3v) is 5.99. The summed E-state index contributed by atoms with van der Waals surface area (Å²) in [6.07, 6.45) is 1.14. The van der Waals surface area contributed by atoms with Crippen LogP contribution in [0.2, 0.25) is 0 Å². The van der Waals surface area contributed by atoms with Gasteiger partial charge in [-0.15, -0.1) is 11.3 Å². The molecule has 0 saturated carbocycles. The number of rotatable bonds is 7. The van der Waals surface area contributed by atoms with E-state index in [0.29, 0.717) is 17.5 Å². The van der Waals surface area contributed by atoms with Crippen LogP contribution in [0.3, 0.4) is 0 Å². The molecule has 1 aliphatic heterocycles. The molecule has 1 aromatic carbocycles. The van der Waals surface area contributed by atoms with Gasteiger partial charge in [0, 0.05) is 42.3 Å². The van der Waals surface area contributed by atoms with Crippen LogP contribution in [0.1, 0.15) is 24.3 Å². The van der Waals surface area contributed by atoms with Crippen LogP contribution < -0.4 is 20.1 Å². The first-order valence-electron chi connectivity index (χ1n) is 9.71. The van der Waals surface area contributed by atoms with Gasteiger partial charge in [0.25, 0.3) is 0 Å². The van der Waals surface area contributed by atoms with E-state index in [1.807, 2.05) is 29.5 Å². The van der Waals surface area contributed by atoms with E-state index in [4.69, 9.17) is 14.5 Å². The predicted molar refractivity (Wildman–Crippen MR) is 117 cm³/mol. The Balaban J connectivity index is 1.64. The van der Waals surface area contributed by atoms with Gasteiger partial charge in [0.15, 0.2) is 17.5 Å². The summed E-state index contributed by atoms with van der Waals surface area (Å²) >= 11 is 1.88. The number of methoxy groups -OCH3 is 2. The van der Waals surface area contributed by atoms with Gasteiger partial charge in [0.05, 0.1) is 20.8 Å². The molecule has 152 valence electrons. The van der Waals surface area contributed by atoms with Crippen LogP contribution in [0.25, 0.3) is 0 Å². The van der Waals surface area contributed by atoms with Crippen LogP contribution in [0, 0.1) is 0 Å². The highest BCUT2D eigenvalue weighted by atomic mass is 32.1. The van der Waals surface area contributed by atoms with Crippen molar-refractivity contribution in [3.63, 3.8) is 0 Å².